The molecule has 0 amide bonds. The maximum Gasteiger partial charge on any atom is 0.272 e. The first-order chi connectivity index (χ1) is 6.17. The molecule has 0 saturated heterocycles. The first-order valence-corrected chi connectivity index (χ1v) is 6.29. The summed E-state index contributed by atoms with van der Waals surface area (Å²) in [6, 6.07) is 8.41. The van der Waals surface area contributed by atoms with E-state index < -0.39 is 7.45 Å². The van der Waals surface area contributed by atoms with Crippen molar-refractivity contribution in [2.24, 2.45) is 0 Å². The largest absolute Gasteiger partial charge is 0.283 e. The summed E-state index contributed by atoms with van der Waals surface area (Å²) in [4.78, 5) is 0. The normalized spacial score (nSPS) is 15.2. The van der Waals surface area contributed by atoms with Crippen molar-refractivity contribution >= 4 is 12.8 Å². The van der Waals surface area contributed by atoms with E-state index in [1.807, 2.05) is 6.92 Å². The second kappa shape index (κ2) is 4.57. The molecule has 0 N–H and O–H groups in total. The van der Waals surface area contributed by atoms with Crippen molar-refractivity contribution in [3.8, 4) is 0 Å². The van der Waals surface area contributed by atoms with Crippen LogP contribution in [0.5, 0.6) is 0 Å². The van der Waals surface area contributed by atoms with Gasteiger partial charge >= 0.3 is 0 Å². The Hall–Kier alpha value is -0.620. The van der Waals surface area contributed by atoms with Crippen molar-refractivity contribution in [1.29, 1.82) is 0 Å². The predicted octanol–water partition coefficient (Wildman–Crippen LogP) is 3.36. The molecule has 0 heterocycles. The van der Waals surface area contributed by atoms with E-state index >= 15 is 0 Å². The fourth-order valence-electron chi connectivity index (χ4n) is 1.14. The minimum atomic E-state index is -3.56. The number of hydrogen-bond donors (Lipinski definition) is 0. The van der Waals surface area contributed by atoms with Crippen LogP contribution in [0.25, 0.3) is 0 Å². The van der Waals surface area contributed by atoms with Crippen molar-refractivity contribution in [2.75, 3.05) is 6.16 Å². The molecule has 0 saturated carbocycles. The molecule has 1 aromatic carbocycles. The Labute approximate surface area is 78.5 Å². The molecule has 0 radical (unpaired) electrons. The summed E-state index contributed by atoms with van der Waals surface area (Å²) in [7, 11) is -3.56. The third-order valence-corrected chi connectivity index (χ3v) is 3.90. The highest BCUT2D eigenvalue weighted by Gasteiger charge is 2.21. The van der Waals surface area contributed by atoms with Gasteiger partial charge < -0.3 is 0 Å². The van der Waals surface area contributed by atoms with Crippen molar-refractivity contribution < 1.29 is 8.76 Å². The SMILES string of the molecule is CCCCP(=O)(F)c1ccccc1. The topological polar surface area (TPSA) is 17.1 Å². The second-order valence-corrected chi connectivity index (χ2v) is 5.33. The molecular weight excluding hydrogens is 186 g/mol. The minimum Gasteiger partial charge on any atom is -0.283 e. The van der Waals surface area contributed by atoms with Crippen LogP contribution in [0.4, 0.5) is 4.20 Å². The molecule has 13 heavy (non-hydrogen) atoms. The summed E-state index contributed by atoms with van der Waals surface area (Å²) in [5, 5.41) is 0.350. The summed E-state index contributed by atoms with van der Waals surface area (Å²) in [6.07, 6.45) is 1.73. The smallest absolute Gasteiger partial charge is 0.272 e. The maximum atomic E-state index is 13.6. The first-order valence-electron chi connectivity index (χ1n) is 4.51. The van der Waals surface area contributed by atoms with E-state index in [1.165, 1.54) is 0 Å². The van der Waals surface area contributed by atoms with E-state index in [2.05, 4.69) is 0 Å². The molecule has 1 unspecified atom stereocenters. The molecule has 72 valence electrons. The summed E-state index contributed by atoms with van der Waals surface area (Å²) in [6.45, 7) is 1.96. The molecule has 0 fully saturated rings. The van der Waals surface area contributed by atoms with Crippen LogP contribution in [0.15, 0.2) is 30.3 Å². The average molecular weight is 200 g/mol. The maximum absolute atomic E-state index is 13.6. The Bertz CT molecular complexity index is 297. The molecule has 0 bridgehead atoms. The number of rotatable bonds is 4. The lowest BCUT2D eigenvalue weighted by Gasteiger charge is -2.07. The highest BCUT2D eigenvalue weighted by molar-refractivity contribution is 7.66. The molecule has 0 aromatic heterocycles. The Morgan fingerprint density at radius 3 is 2.46 bits per heavy atom. The van der Waals surface area contributed by atoms with Gasteiger partial charge in [-0.2, -0.15) is 4.20 Å². The summed E-state index contributed by atoms with van der Waals surface area (Å²) < 4.78 is 25.1. The van der Waals surface area contributed by atoms with E-state index in [0.717, 1.165) is 6.42 Å². The van der Waals surface area contributed by atoms with Crippen molar-refractivity contribution in [3.05, 3.63) is 30.3 Å². The zero-order valence-corrected chi connectivity index (χ0v) is 8.64. The van der Waals surface area contributed by atoms with Crippen LogP contribution in [-0.2, 0) is 4.57 Å². The Morgan fingerprint density at radius 2 is 1.92 bits per heavy atom. The molecule has 0 aliphatic heterocycles. The molecule has 1 nitrogen and oxygen atoms in total. The zero-order chi connectivity index (χ0) is 9.73. The van der Waals surface area contributed by atoms with Gasteiger partial charge in [0, 0.05) is 11.5 Å². The molecular formula is C10H14FOP. The van der Waals surface area contributed by atoms with E-state index in [1.54, 1.807) is 30.3 Å². The highest BCUT2D eigenvalue weighted by Crippen LogP contribution is 2.46. The number of unbranched alkanes of at least 4 members (excludes halogenated alkanes) is 1. The third kappa shape index (κ3) is 2.96. The van der Waals surface area contributed by atoms with Gasteiger partial charge in [-0.25, -0.2) is 0 Å². The van der Waals surface area contributed by atoms with E-state index in [-0.39, 0.29) is 6.16 Å². The van der Waals surface area contributed by atoms with Gasteiger partial charge in [-0.3, -0.25) is 4.57 Å². The van der Waals surface area contributed by atoms with Crippen LogP contribution in [0.3, 0.4) is 0 Å². The molecule has 0 aliphatic rings. The van der Waals surface area contributed by atoms with Gasteiger partial charge in [0.2, 0.25) is 0 Å². The Morgan fingerprint density at radius 1 is 1.31 bits per heavy atom. The van der Waals surface area contributed by atoms with Gasteiger partial charge in [-0.05, 0) is 18.6 Å². The molecule has 3 heteroatoms. The van der Waals surface area contributed by atoms with Gasteiger partial charge in [-0.15, -0.1) is 0 Å². The molecule has 1 atom stereocenters. The second-order valence-electron chi connectivity index (χ2n) is 3.06. The monoisotopic (exact) mass is 200 g/mol. The fourth-order valence-corrected chi connectivity index (χ4v) is 2.74. The number of halogens is 1. The van der Waals surface area contributed by atoms with Gasteiger partial charge in [0.15, 0.2) is 0 Å². The van der Waals surface area contributed by atoms with Gasteiger partial charge in [0.05, 0.1) is 0 Å². The summed E-state index contributed by atoms with van der Waals surface area (Å²) in [5.74, 6) is 0. The van der Waals surface area contributed by atoms with Gasteiger partial charge in [0.1, 0.15) is 0 Å². The van der Waals surface area contributed by atoms with Crippen molar-refractivity contribution in [3.63, 3.8) is 0 Å². The van der Waals surface area contributed by atoms with Gasteiger partial charge in [-0.1, -0.05) is 31.5 Å². The van der Waals surface area contributed by atoms with Crippen LogP contribution in [-0.4, -0.2) is 6.16 Å². The average Bonchev–Trinajstić information content (AvgIpc) is 2.16. The highest BCUT2D eigenvalue weighted by atomic mass is 31.2. The quantitative estimate of drug-likeness (QED) is 0.681. The number of benzene rings is 1. The lowest BCUT2D eigenvalue weighted by atomic mass is 10.4. The van der Waals surface area contributed by atoms with Crippen LogP contribution >= 0.6 is 7.45 Å². The predicted molar refractivity (Wildman–Crippen MR) is 54.6 cm³/mol. The third-order valence-electron chi connectivity index (χ3n) is 1.94. The molecule has 1 aromatic rings. The van der Waals surface area contributed by atoms with Crippen molar-refractivity contribution in [2.45, 2.75) is 19.8 Å². The molecule has 0 spiro atoms. The lowest BCUT2D eigenvalue weighted by molar-refractivity contribution is 0.547. The van der Waals surface area contributed by atoms with Gasteiger partial charge in [0.25, 0.3) is 7.45 Å². The minimum absolute atomic E-state index is 0.174. The van der Waals surface area contributed by atoms with Crippen LogP contribution in [0.2, 0.25) is 0 Å². The number of hydrogen-bond acceptors (Lipinski definition) is 1. The molecule has 1 rings (SSSR count). The van der Waals surface area contributed by atoms with E-state index in [0.29, 0.717) is 11.7 Å². The van der Waals surface area contributed by atoms with E-state index in [4.69, 9.17) is 0 Å². The Kier molecular flexibility index (Phi) is 3.68. The van der Waals surface area contributed by atoms with Crippen LogP contribution < -0.4 is 5.30 Å². The van der Waals surface area contributed by atoms with Crippen LogP contribution in [0, 0.1) is 0 Å². The standard InChI is InChI=1S/C10H14FOP/c1-2-3-9-13(11,12)10-7-5-4-6-8-10/h4-8H,2-3,9H2,1H3. The van der Waals surface area contributed by atoms with E-state index in [9.17, 15) is 8.76 Å². The molecule has 0 aliphatic carbocycles. The Balaban J connectivity index is 2.76. The summed E-state index contributed by atoms with van der Waals surface area (Å²) >= 11 is 0. The van der Waals surface area contributed by atoms with Crippen LogP contribution in [0.1, 0.15) is 19.8 Å². The summed E-state index contributed by atoms with van der Waals surface area (Å²) in [5.41, 5.74) is 0. The van der Waals surface area contributed by atoms with Crippen molar-refractivity contribution in [1.82, 2.24) is 0 Å². The first kappa shape index (κ1) is 10.5. The fraction of sp³-hybridized carbons (Fsp3) is 0.400. The lowest BCUT2D eigenvalue weighted by Crippen LogP contribution is -2.03. The zero-order valence-electron chi connectivity index (χ0n) is 7.74.